The van der Waals surface area contributed by atoms with E-state index in [0.717, 1.165) is 128 Å². The maximum Gasteiger partial charge on any atom is 0.306 e. The highest BCUT2D eigenvalue weighted by Crippen LogP contribution is 2.16. The summed E-state index contributed by atoms with van der Waals surface area (Å²) in [6.07, 6.45) is 100. The molecule has 0 bridgehead atoms. The zero-order chi connectivity index (χ0) is 64.7. The van der Waals surface area contributed by atoms with Gasteiger partial charge in [-0.3, -0.25) is 9.59 Å². The number of rotatable bonds is 63. The largest absolute Gasteiger partial charge is 0.545 e. The molecule has 502 valence electrons. The molecule has 0 aliphatic carbocycles. The number of esters is 2. The van der Waals surface area contributed by atoms with E-state index in [0.29, 0.717) is 23.9 Å². The lowest BCUT2D eigenvalue weighted by Crippen LogP contribution is -2.44. The standard InChI is InChI=1S/C80H129NO8/c1-6-8-10-12-14-16-18-20-22-24-26-28-30-32-33-34-35-36-37-38-39-40-41-42-43-44-45-47-49-51-53-55-57-59-61-63-65-67-69-71-78(83)89-76(75-88-80(79(84)85)86-73-72-81(3,4)5)74-87-77(82)70-68-66-64-62-60-58-56-54-52-50-48-46-31-29-27-25-23-21-19-17-15-13-11-9-7-2/h8-11,14-17,20-23,26-29,32-33,35-36,38-39,46,48,52,54,58,60,76,80H,6-7,12-13,18-19,24-25,30-31,34,37,40-45,47,49-51,53,55-57,59,61-75H2,1-5H3/b10-8-,11-9-,16-14-,17-15-,22-20-,23-21-,28-26-,29-27-,33-32-,36-35-,39-38-,48-46-,54-52-,60-58-. The highest BCUT2D eigenvalue weighted by molar-refractivity contribution is 5.70. The Balaban J connectivity index is 4.16. The summed E-state index contributed by atoms with van der Waals surface area (Å²) in [6.45, 7) is 4.47. The second kappa shape index (κ2) is 68.6. The first kappa shape index (κ1) is 83.7. The van der Waals surface area contributed by atoms with E-state index in [9.17, 15) is 19.5 Å². The summed E-state index contributed by atoms with van der Waals surface area (Å²) in [5, 5.41) is 11.8. The predicted octanol–water partition coefficient (Wildman–Crippen LogP) is 20.9. The van der Waals surface area contributed by atoms with Crippen LogP contribution in [0.5, 0.6) is 0 Å². The molecule has 9 heteroatoms. The third-order valence-corrected chi connectivity index (χ3v) is 14.5. The van der Waals surface area contributed by atoms with Crippen LogP contribution in [0.2, 0.25) is 0 Å². The van der Waals surface area contributed by atoms with E-state index in [4.69, 9.17) is 18.9 Å². The van der Waals surface area contributed by atoms with Gasteiger partial charge in [0.05, 0.1) is 40.3 Å². The van der Waals surface area contributed by atoms with Crippen LogP contribution in [0.15, 0.2) is 170 Å². The van der Waals surface area contributed by atoms with E-state index in [1.54, 1.807) is 0 Å². The van der Waals surface area contributed by atoms with Gasteiger partial charge in [0.2, 0.25) is 0 Å². The molecule has 0 amide bonds. The van der Waals surface area contributed by atoms with Crippen molar-refractivity contribution in [3.05, 3.63) is 170 Å². The fraction of sp³-hybridized carbons (Fsp3) is 0.613. The number of hydrogen-bond acceptors (Lipinski definition) is 8. The summed E-state index contributed by atoms with van der Waals surface area (Å²) in [5.74, 6) is -2.34. The van der Waals surface area contributed by atoms with Crippen molar-refractivity contribution in [1.29, 1.82) is 0 Å². The summed E-state index contributed by atoms with van der Waals surface area (Å²) >= 11 is 0. The molecule has 0 heterocycles. The lowest BCUT2D eigenvalue weighted by molar-refractivity contribution is -0.870. The van der Waals surface area contributed by atoms with Crippen LogP contribution in [0.1, 0.15) is 258 Å². The Kier molecular flexibility index (Phi) is 64.4. The van der Waals surface area contributed by atoms with Gasteiger partial charge in [-0.2, -0.15) is 0 Å². The highest BCUT2D eigenvalue weighted by atomic mass is 16.7. The number of carbonyl (C=O) groups is 3. The van der Waals surface area contributed by atoms with E-state index >= 15 is 0 Å². The Hall–Kier alpha value is -5.35. The van der Waals surface area contributed by atoms with Crippen LogP contribution < -0.4 is 5.11 Å². The van der Waals surface area contributed by atoms with Gasteiger partial charge in [-0.1, -0.05) is 287 Å². The third kappa shape index (κ3) is 70.0. The maximum atomic E-state index is 12.9. The zero-order valence-corrected chi connectivity index (χ0v) is 57.2. The number of nitrogens with zero attached hydrogens (tertiary/aromatic N) is 1. The van der Waals surface area contributed by atoms with E-state index in [2.05, 4.69) is 184 Å². The molecule has 0 aromatic carbocycles. The number of unbranched alkanes of at least 4 members (excludes halogenated alkanes) is 20. The van der Waals surface area contributed by atoms with Gasteiger partial charge in [-0.15, -0.1) is 0 Å². The molecular formula is C80H129NO8. The summed E-state index contributed by atoms with van der Waals surface area (Å²) in [6, 6.07) is 0. The lowest BCUT2D eigenvalue weighted by atomic mass is 10.0. The van der Waals surface area contributed by atoms with E-state index in [1.165, 1.54) is 89.9 Å². The zero-order valence-electron chi connectivity index (χ0n) is 57.2. The smallest absolute Gasteiger partial charge is 0.306 e. The normalized spacial score (nSPS) is 13.8. The van der Waals surface area contributed by atoms with Gasteiger partial charge < -0.3 is 33.3 Å². The number of carboxylic acids is 1. The molecule has 0 aromatic rings. The highest BCUT2D eigenvalue weighted by Gasteiger charge is 2.22. The maximum absolute atomic E-state index is 12.9. The van der Waals surface area contributed by atoms with Crippen molar-refractivity contribution in [2.45, 2.75) is 270 Å². The number of ether oxygens (including phenoxy) is 4. The molecule has 0 N–H and O–H groups in total. The number of aliphatic carboxylic acids is 1. The monoisotopic (exact) mass is 1230 g/mol. The molecule has 0 aromatic heterocycles. The molecule has 2 atom stereocenters. The molecule has 0 aliphatic heterocycles. The van der Waals surface area contributed by atoms with Gasteiger partial charge in [0.25, 0.3) is 0 Å². The number of likely N-dealkylation sites (N-methyl/N-ethyl adjacent to an activating group) is 1. The lowest BCUT2D eigenvalue weighted by Gasteiger charge is -2.26. The topological polar surface area (TPSA) is 111 Å². The Morgan fingerprint density at radius 1 is 0.337 bits per heavy atom. The Morgan fingerprint density at radius 2 is 0.607 bits per heavy atom. The minimum absolute atomic E-state index is 0.134. The van der Waals surface area contributed by atoms with E-state index < -0.39 is 30.3 Å². The van der Waals surface area contributed by atoms with Crippen LogP contribution in [0.3, 0.4) is 0 Å². The second-order valence-electron chi connectivity index (χ2n) is 24.1. The van der Waals surface area contributed by atoms with Gasteiger partial charge in [-0.05, 0) is 128 Å². The first-order chi connectivity index (χ1) is 43.6. The molecule has 0 rings (SSSR count). The molecule has 0 spiro atoms. The molecule has 9 nitrogen and oxygen atoms in total. The molecule has 0 radical (unpaired) electrons. The van der Waals surface area contributed by atoms with Crippen molar-refractivity contribution in [3.63, 3.8) is 0 Å². The third-order valence-electron chi connectivity index (χ3n) is 14.5. The molecule has 0 aliphatic rings. The summed E-state index contributed by atoms with van der Waals surface area (Å²) in [7, 11) is 5.91. The van der Waals surface area contributed by atoms with E-state index in [1.807, 2.05) is 21.1 Å². The van der Waals surface area contributed by atoms with Gasteiger partial charge in [0.15, 0.2) is 12.4 Å². The number of hydrogen-bond donors (Lipinski definition) is 0. The van der Waals surface area contributed by atoms with Crippen molar-refractivity contribution in [2.24, 2.45) is 0 Å². The van der Waals surface area contributed by atoms with Gasteiger partial charge in [0, 0.05) is 12.8 Å². The van der Waals surface area contributed by atoms with Crippen LogP contribution in [-0.2, 0) is 33.3 Å². The van der Waals surface area contributed by atoms with Gasteiger partial charge >= 0.3 is 11.9 Å². The average molecular weight is 1230 g/mol. The van der Waals surface area contributed by atoms with Crippen molar-refractivity contribution in [1.82, 2.24) is 0 Å². The number of carbonyl (C=O) groups excluding carboxylic acids is 3. The summed E-state index contributed by atoms with van der Waals surface area (Å²) in [4.78, 5) is 37.5. The number of carboxylic acid groups (broad SMARTS) is 1. The first-order valence-electron chi connectivity index (χ1n) is 35.3. The molecule has 0 saturated heterocycles. The van der Waals surface area contributed by atoms with Gasteiger partial charge in [0.1, 0.15) is 13.2 Å². The Morgan fingerprint density at radius 3 is 0.910 bits per heavy atom. The van der Waals surface area contributed by atoms with Crippen LogP contribution in [-0.4, -0.2) is 82.3 Å². The Labute approximate surface area is 546 Å². The molecule has 0 fully saturated rings. The molecule has 89 heavy (non-hydrogen) atoms. The van der Waals surface area contributed by atoms with Gasteiger partial charge in [-0.25, -0.2) is 0 Å². The van der Waals surface area contributed by atoms with Crippen LogP contribution in [0.4, 0.5) is 0 Å². The average Bonchev–Trinajstić information content (AvgIpc) is 3.64. The number of quaternary nitrogens is 1. The fourth-order valence-electron chi connectivity index (χ4n) is 9.14. The van der Waals surface area contributed by atoms with Crippen molar-refractivity contribution in [3.8, 4) is 0 Å². The quantitative estimate of drug-likeness (QED) is 0.0195. The van der Waals surface area contributed by atoms with Crippen molar-refractivity contribution in [2.75, 3.05) is 47.5 Å². The first-order valence-corrected chi connectivity index (χ1v) is 35.3. The molecule has 0 saturated carbocycles. The van der Waals surface area contributed by atoms with Crippen LogP contribution in [0, 0.1) is 0 Å². The van der Waals surface area contributed by atoms with Crippen molar-refractivity contribution < 1.29 is 42.9 Å². The van der Waals surface area contributed by atoms with Crippen LogP contribution in [0.25, 0.3) is 0 Å². The van der Waals surface area contributed by atoms with Crippen LogP contribution >= 0.6 is 0 Å². The molecular weight excluding hydrogens is 1100 g/mol. The molecule has 2 unspecified atom stereocenters. The van der Waals surface area contributed by atoms with E-state index in [-0.39, 0.29) is 32.7 Å². The Bertz CT molecular complexity index is 2070. The van der Waals surface area contributed by atoms with Crippen molar-refractivity contribution >= 4 is 17.9 Å². The second-order valence-corrected chi connectivity index (χ2v) is 24.1. The summed E-state index contributed by atoms with van der Waals surface area (Å²) < 4.78 is 22.7. The predicted molar refractivity (Wildman–Crippen MR) is 379 cm³/mol. The SMILES string of the molecule is CC/C=C\C/C=C\C/C=C\C/C=C\C/C=C\C/C=C\C/C=C\CCCCCCCCCCCCCCCCCCCC(=O)OC(COC(=O)CCCCC/C=C\C/C=C\C/C=C\C/C=C\C/C=C\C/C=C\C/C=C\CC)COC(OCC[N+](C)(C)C)C(=O)[O-]. The minimum Gasteiger partial charge on any atom is -0.545 e. The summed E-state index contributed by atoms with van der Waals surface area (Å²) in [5.41, 5.74) is 0. The fourth-order valence-corrected chi connectivity index (χ4v) is 9.14. The number of allylic oxidation sites excluding steroid dienone is 28. The minimum atomic E-state index is -1.64.